The Morgan fingerprint density at radius 1 is 0.667 bits per heavy atom. The van der Waals surface area contributed by atoms with E-state index in [2.05, 4.69) is 54.1 Å². The summed E-state index contributed by atoms with van der Waals surface area (Å²) in [5, 5.41) is 8.94. The molecule has 0 aromatic carbocycles. The van der Waals surface area contributed by atoms with Crippen molar-refractivity contribution in [2.75, 3.05) is 32.1 Å². The highest BCUT2D eigenvalue weighted by Crippen LogP contribution is 2.43. The van der Waals surface area contributed by atoms with Gasteiger partial charge in [0.25, 0.3) is 0 Å². The zero-order valence-electron chi connectivity index (χ0n) is 41.3. The Labute approximate surface area is 404 Å². The minimum absolute atomic E-state index is 0.00894. The molecule has 0 aromatic heterocycles. The van der Waals surface area contributed by atoms with Crippen LogP contribution in [-0.4, -0.2) is 84.3 Å². The minimum atomic E-state index is -4.58. The number of carbonyl (C=O) groups excluding carboxylic acids is 4. The van der Waals surface area contributed by atoms with Gasteiger partial charge >= 0.3 is 25.8 Å². The highest BCUT2D eigenvalue weighted by atomic mass is 32.2. The molecule has 5 atom stereocenters. The second-order valence-corrected chi connectivity index (χ2v) is 21.0. The maximum absolute atomic E-state index is 12.8. The molecule has 4 N–H and O–H groups in total. The van der Waals surface area contributed by atoms with Crippen molar-refractivity contribution in [3.8, 4) is 0 Å². The van der Waals surface area contributed by atoms with Gasteiger partial charge in [-0.25, -0.2) is 9.36 Å². The van der Waals surface area contributed by atoms with E-state index in [-0.39, 0.29) is 56.6 Å². The van der Waals surface area contributed by atoms with Crippen LogP contribution in [0.1, 0.15) is 219 Å². The van der Waals surface area contributed by atoms with Crippen molar-refractivity contribution < 1.29 is 47.2 Å². The number of allylic oxidation sites excluding steroid dienone is 4. The van der Waals surface area contributed by atoms with Crippen molar-refractivity contribution in [1.82, 2.24) is 16.0 Å². The van der Waals surface area contributed by atoms with Crippen molar-refractivity contribution >= 4 is 43.5 Å². The van der Waals surface area contributed by atoms with Crippen LogP contribution >= 0.6 is 19.6 Å². The monoisotopic (exact) mass is 970 g/mol. The lowest BCUT2D eigenvalue weighted by Crippen LogP contribution is -2.36. The maximum Gasteiger partial charge on any atom is 0.472 e. The molecule has 2 aliphatic rings. The zero-order valence-corrected chi connectivity index (χ0v) is 43.0. The molecule has 0 spiro atoms. The van der Waals surface area contributed by atoms with Crippen molar-refractivity contribution in [3.63, 3.8) is 0 Å². The molecule has 5 unspecified atom stereocenters. The Balaban J connectivity index is 1.65. The van der Waals surface area contributed by atoms with Crippen LogP contribution in [0.4, 0.5) is 4.79 Å². The predicted molar refractivity (Wildman–Crippen MR) is 268 cm³/mol. The van der Waals surface area contributed by atoms with Crippen LogP contribution in [-0.2, 0) is 37.5 Å². The Hall–Kier alpha value is -2.38. The fraction of sp³-hybridized carbons (Fsp3) is 0.843. The van der Waals surface area contributed by atoms with Gasteiger partial charge in [-0.05, 0) is 77.0 Å². The van der Waals surface area contributed by atoms with E-state index in [1.807, 2.05) is 11.8 Å². The van der Waals surface area contributed by atoms with Crippen molar-refractivity contribution in [3.05, 3.63) is 24.3 Å². The number of rotatable bonds is 45. The molecule has 2 fully saturated rings. The minimum Gasteiger partial charge on any atom is -0.462 e. The molecule has 0 saturated carbocycles. The summed E-state index contributed by atoms with van der Waals surface area (Å²) in [6, 6.07) is 0.193. The number of carbonyl (C=O) groups is 4. The molecule has 2 aliphatic heterocycles. The number of esters is 2. The van der Waals surface area contributed by atoms with E-state index in [9.17, 15) is 28.6 Å². The third-order valence-corrected chi connectivity index (χ3v) is 14.7. The maximum atomic E-state index is 12.8. The topological polar surface area (TPSA) is 179 Å². The van der Waals surface area contributed by atoms with Gasteiger partial charge in [-0.15, -0.1) is 0 Å². The first kappa shape index (κ1) is 59.7. The van der Waals surface area contributed by atoms with Gasteiger partial charge in [0.05, 0.1) is 25.3 Å². The number of phosphoric ester groups is 1. The number of ether oxygens (including phenoxy) is 2. The van der Waals surface area contributed by atoms with Crippen LogP contribution in [0.3, 0.4) is 0 Å². The summed E-state index contributed by atoms with van der Waals surface area (Å²) in [5.41, 5.74) is 0. The predicted octanol–water partition coefficient (Wildman–Crippen LogP) is 12.5. The SMILES string of the molecule is CCCCCCCCC=CCCCCCCCC(=O)OCC(COP(=O)(O)OCCNC(=O)CCCCC1SCC2NC(=O)NC21)OC(=O)CCCCCCCC=CCCCCCCCC. The first-order valence-electron chi connectivity index (χ1n) is 26.4. The Kier molecular flexibility index (Phi) is 36.7. The van der Waals surface area contributed by atoms with Crippen LogP contribution in [0.5, 0.6) is 0 Å². The summed E-state index contributed by atoms with van der Waals surface area (Å²) in [6.45, 7) is 3.43. The number of urea groups is 1. The van der Waals surface area contributed by atoms with Crippen LogP contribution in [0.2, 0.25) is 0 Å². The smallest absolute Gasteiger partial charge is 0.462 e. The molecule has 0 bridgehead atoms. The van der Waals surface area contributed by atoms with E-state index >= 15 is 0 Å². The molecule has 0 aromatic rings. The summed E-state index contributed by atoms with van der Waals surface area (Å²) < 4.78 is 34.0. The summed E-state index contributed by atoms with van der Waals surface area (Å²) in [5.74, 6) is -0.208. The van der Waals surface area contributed by atoms with E-state index in [1.165, 1.54) is 77.0 Å². The second kappa shape index (κ2) is 40.5. The molecule has 13 nitrogen and oxygen atoms in total. The lowest BCUT2D eigenvalue weighted by molar-refractivity contribution is -0.161. The molecule has 382 valence electrons. The Morgan fingerprint density at radius 2 is 1.17 bits per heavy atom. The molecule has 15 heteroatoms. The number of nitrogens with one attached hydrogen (secondary N) is 3. The molecule has 2 saturated heterocycles. The van der Waals surface area contributed by atoms with Gasteiger partial charge in [-0.1, -0.05) is 147 Å². The van der Waals surface area contributed by atoms with Gasteiger partial charge in [-0.3, -0.25) is 23.4 Å². The summed E-state index contributed by atoms with van der Waals surface area (Å²) in [6.07, 6.45) is 41.2. The van der Waals surface area contributed by atoms with Crippen LogP contribution in [0, 0.1) is 0 Å². The number of fused-ring (bicyclic) bond motifs is 1. The van der Waals surface area contributed by atoms with Gasteiger partial charge in [-0.2, -0.15) is 11.8 Å². The van der Waals surface area contributed by atoms with Gasteiger partial charge in [0, 0.05) is 36.8 Å². The molecular weight excluding hydrogens is 878 g/mol. The van der Waals surface area contributed by atoms with E-state index < -0.39 is 32.5 Å². The van der Waals surface area contributed by atoms with Crippen molar-refractivity contribution in [2.24, 2.45) is 0 Å². The van der Waals surface area contributed by atoms with Gasteiger partial charge < -0.3 is 30.3 Å². The largest absolute Gasteiger partial charge is 0.472 e. The lowest BCUT2D eigenvalue weighted by Gasteiger charge is -2.20. The molecule has 0 radical (unpaired) electrons. The standard InChI is InChI=1S/C51H92N3O10PS/c1-3-5-7-9-11-13-15-17-19-21-23-25-27-29-31-37-48(56)61-41-44(64-49(57)38-32-30-28-26-24-22-20-18-16-14-12-10-8-6-4-2)42-63-65(59,60)62-40-39-52-47(55)36-34-33-35-46-50-45(43-66-46)53-51(58)54-50/h17-20,44-46,50H,3-16,21-43H2,1-2H3,(H,52,55)(H,59,60)(H2,53,54,58). The molecule has 66 heavy (non-hydrogen) atoms. The third kappa shape index (κ3) is 33.2. The average Bonchev–Trinajstić information content (AvgIpc) is 3.86. The lowest BCUT2D eigenvalue weighted by atomic mass is 10.0. The molecule has 2 rings (SSSR count). The quantitative estimate of drug-likeness (QED) is 0.0150. The van der Waals surface area contributed by atoms with Gasteiger partial charge in [0.2, 0.25) is 5.91 Å². The highest BCUT2D eigenvalue weighted by molar-refractivity contribution is 8.00. The van der Waals surface area contributed by atoms with E-state index in [0.29, 0.717) is 30.9 Å². The molecular formula is C51H92N3O10PS. The molecule has 3 amide bonds. The normalized spacial score (nSPS) is 18.3. The fourth-order valence-corrected chi connectivity index (χ4v) is 10.5. The fourth-order valence-electron chi connectivity index (χ4n) is 8.23. The molecule has 2 heterocycles. The van der Waals surface area contributed by atoms with Crippen molar-refractivity contribution in [1.29, 1.82) is 0 Å². The van der Waals surface area contributed by atoms with E-state index in [0.717, 1.165) is 95.6 Å². The Bertz CT molecular complexity index is 1390. The van der Waals surface area contributed by atoms with E-state index in [1.54, 1.807) is 0 Å². The first-order chi connectivity index (χ1) is 32.1. The average molecular weight is 970 g/mol. The van der Waals surface area contributed by atoms with Crippen LogP contribution < -0.4 is 16.0 Å². The number of hydrogen-bond donors (Lipinski definition) is 4. The highest BCUT2D eigenvalue weighted by Gasteiger charge is 2.42. The summed E-state index contributed by atoms with van der Waals surface area (Å²) in [7, 11) is -4.58. The van der Waals surface area contributed by atoms with Gasteiger partial charge in [0.15, 0.2) is 6.10 Å². The van der Waals surface area contributed by atoms with E-state index in [4.69, 9.17) is 18.5 Å². The second-order valence-electron chi connectivity index (χ2n) is 18.3. The van der Waals surface area contributed by atoms with Crippen LogP contribution in [0.25, 0.3) is 0 Å². The van der Waals surface area contributed by atoms with Gasteiger partial charge in [0.1, 0.15) is 6.61 Å². The Morgan fingerprint density at radius 3 is 1.73 bits per heavy atom. The molecule has 0 aliphatic carbocycles. The number of thioether (sulfide) groups is 1. The third-order valence-electron chi connectivity index (χ3n) is 12.2. The summed E-state index contributed by atoms with van der Waals surface area (Å²) >= 11 is 1.84. The summed E-state index contributed by atoms with van der Waals surface area (Å²) in [4.78, 5) is 59.8. The van der Waals surface area contributed by atoms with Crippen molar-refractivity contribution in [2.45, 2.75) is 243 Å². The number of amides is 3. The number of phosphoric acid groups is 1. The zero-order chi connectivity index (χ0) is 47.8. The first-order valence-corrected chi connectivity index (χ1v) is 28.9. The number of hydrogen-bond acceptors (Lipinski definition) is 10. The van der Waals surface area contributed by atoms with Crippen LogP contribution in [0.15, 0.2) is 24.3 Å². The number of unbranched alkanes of at least 4 members (excludes halogenated alkanes) is 23.